The van der Waals surface area contributed by atoms with Crippen LogP contribution in [0.4, 0.5) is 13.2 Å². The van der Waals surface area contributed by atoms with Gasteiger partial charge in [-0.2, -0.15) is 13.2 Å². The monoisotopic (exact) mass is 460 g/mol. The Bertz CT molecular complexity index is 857. The number of carboxylic acids is 1. The van der Waals surface area contributed by atoms with Crippen LogP contribution < -0.4 is 0 Å². The number of rotatable bonds is 4. The molecule has 2 aromatic rings. The fourth-order valence-corrected chi connectivity index (χ4v) is 4.54. The van der Waals surface area contributed by atoms with Gasteiger partial charge in [0.15, 0.2) is 0 Å². The number of carboxylic acid groups (broad SMARTS) is 1. The van der Waals surface area contributed by atoms with Gasteiger partial charge in [-0.05, 0) is 43.5 Å². The van der Waals surface area contributed by atoms with Crippen molar-refractivity contribution >= 4 is 23.2 Å². The fraction of sp³-hybridized carbons (Fsp3) is 0.500. The van der Waals surface area contributed by atoms with Crippen LogP contribution in [0.3, 0.4) is 0 Å². The van der Waals surface area contributed by atoms with Gasteiger partial charge >= 0.3 is 12.1 Å². The zero-order valence-electron chi connectivity index (χ0n) is 16.7. The molecule has 7 nitrogen and oxygen atoms in total. The number of thiophene rings is 1. The molecular formula is C20H23F3N2O5S. The van der Waals surface area contributed by atoms with E-state index in [4.69, 9.17) is 19.1 Å². The minimum atomic E-state index is -5.08. The summed E-state index contributed by atoms with van der Waals surface area (Å²) in [4.78, 5) is 26.9. The molecular weight excluding hydrogens is 437 g/mol. The molecule has 2 aliphatic heterocycles. The van der Waals surface area contributed by atoms with Gasteiger partial charge in [-0.25, -0.2) is 4.79 Å². The molecule has 1 N–H and O–H groups in total. The summed E-state index contributed by atoms with van der Waals surface area (Å²) in [5.41, 5.74) is 0. The van der Waals surface area contributed by atoms with Gasteiger partial charge < -0.3 is 19.2 Å². The maximum atomic E-state index is 12.9. The number of ether oxygens (including phenoxy) is 1. The Hall–Kier alpha value is -2.37. The number of likely N-dealkylation sites (tertiary alicyclic amines) is 1. The van der Waals surface area contributed by atoms with Crippen LogP contribution in [-0.4, -0.2) is 71.3 Å². The second-order valence-electron chi connectivity index (χ2n) is 7.34. The number of hydrogen-bond acceptors (Lipinski definition) is 6. The molecule has 0 aliphatic carbocycles. The number of fused-ring (bicyclic) bond motifs is 1. The van der Waals surface area contributed by atoms with E-state index in [-0.39, 0.29) is 24.1 Å². The predicted octanol–water partition coefficient (Wildman–Crippen LogP) is 3.48. The van der Waals surface area contributed by atoms with Gasteiger partial charge in [0.05, 0.1) is 35.9 Å². The van der Waals surface area contributed by atoms with Crippen LogP contribution in [0, 0.1) is 0 Å². The van der Waals surface area contributed by atoms with Crippen LogP contribution in [0.25, 0.3) is 0 Å². The summed E-state index contributed by atoms with van der Waals surface area (Å²) in [6, 6.07) is 8.11. The van der Waals surface area contributed by atoms with Gasteiger partial charge in [0, 0.05) is 13.2 Å². The van der Waals surface area contributed by atoms with Gasteiger partial charge in [-0.1, -0.05) is 6.07 Å². The molecule has 3 atom stereocenters. The summed E-state index contributed by atoms with van der Waals surface area (Å²) in [6.45, 7) is 2.22. The lowest BCUT2D eigenvalue weighted by atomic mass is 10.00. The summed E-state index contributed by atoms with van der Waals surface area (Å²) in [6.07, 6.45) is -1.26. The quantitative estimate of drug-likeness (QED) is 0.752. The number of halogens is 3. The first-order valence-electron chi connectivity index (χ1n) is 9.67. The zero-order chi connectivity index (χ0) is 22.6. The Kier molecular flexibility index (Phi) is 7.39. The summed E-state index contributed by atoms with van der Waals surface area (Å²) in [7, 11) is 2.08. The number of likely N-dealkylation sites (N-methyl/N-ethyl adjacent to an activating group) is 1. The van der Waals surface area contributed by atoms with Gasteiger partial charge in [0.25, 0.3) is 5.91 Å². The highest BCUT2D eigenvalue weighted by atomic mass is 32.1. The third-order valence-corrected chi connectivity index (χ3v) is 6.14. The van der Waals surface area contributed by atoms with Crippen LogP contribution in [-0.2, 0) is 16.1 Å². The minimum absolute atomic E-state index is 0.0858. The molecule has 0 saturated carbocycles. The van der Waals surface area contributed by atoms with Gasteiger partial charge in [0.1, 0.15) is 5.76 Å². The van der Waals surface area contributed by atoms with E-state index in [1.54, 1.807) is 6.26 Å². The summed E-state index contributed by atoms with van der Waals surface area (Å²) in [5, 5.41) is 9.08. The highest BCUT2D eigenvalue weighted by molar-refractivity contribution is 7.12. The Morgan fingerprint density at radius 3 is 2.65 bits per heavy atom. The number of alkyl halides is 3. The van der Waals surface area contributed by atoms with Gasteiger partial charge in [0.2, 0.25) is 0 Å². The van der Waals surface area contributed by atoms with Crippen molar-refractivity contribution in [2.45, 2.75) is 43.8 Å². The number of carbonyl (C=O) groups excluding carboxylic acids is 1. The molecule has 4 rings (SSSR count). The highest BCUT2D eigenvalue weighted by Crippen LogP contribution is 2.33. The van der Waals surface area contributed by atoms with Crippen molar-refractivity contribution < 1.29 is 37.0 Å². The third-order valence-electron chi connectivity index (χ3n) is 5.28. The number of nitrogens with zero attached hydrogens (tertiary/aromatic N) is 2. The molecule has 2 fully saturated rings. The van der Waals surface area contributed by atoms with E-state index in [0.29, 0.717) is 6.54 Å². The van der Waals surface area contributed by atoms with E-state index in [1.807, 2.05) is 34.5 Å². The number of furan rings is 1. The zero-order valence-corrected chi connectivity index (χ0v) is 17.6. The van der Waals surface area contributed by atoms with Crippen molar-refractivity contribution in [1.82, 2.24) is 9.80 Å². The Morgan fingerprint density at radius 1 is 1.32 bits per heavy atom. The van der Waals surface area contributed by atoms with E-state index in [1.165, 1.54) is 11.3 Å². The molecule has 0 aromatic carbocycles. The molecule has 31 heavy (non-hydrogen) atoms. The number of aliphatic carboxylic acids is 1. The fourth-order valence-electron chi connectivity index (χ4n) is 3.86. The van der Waals surface area contributed by atoms with E-state index >= 15 is 0 Å². The molecule has 2 aromatic heterocycles. The lowest BCUT2D eigenvalue weighted by molar-refractivity contribution is -0.192. The Balaban J connectivity index is 0.000000339. The molecule has 0 bridgehead atoms. The van der Waals surface area contributed by atoms with Crippen molar-refractivity contribution in [1.29, 1.82) is 0 Å². The van der Waals surface area contributed by atoms with Crippen molar-refractivity contribution in [3.63, 3.8) is 0 Å². The first kappa shape index (κ1) is 23.3. The first-order valence-corrected chi connectivity index (χ1v) is 10.5. The molecule has 11 heteroatoms. The van der Waals surface area contributed by atoms with Gasteiger partial charge in [-0.15, -0.1) is 11.3 Å². The molecule has 0 radical (unpaired) electrons. The van der Waals surface area contributed by atoms with Crippen LogP contribution in [0.5, 0.6) is 0 Å². The standard InChI is InChI=1S/C18H22N2O3S.C2HF3O2/c1-19(11-13-5-2-8-22-13)15-12-20(14-6-3-9-23-17(14)15)18(21)16-7-4-10-24-16;3-2(4,5)1(6)7/h2,4-5,7-8,10,14-15,17H,3,6,9,11-12H2,1H3;(H,6,7)/t14-,15-,17+;/m1./s1. The third kappa shape index (κ3) is 5.66. The second kappa shape index (κ2) is 9.84. The number of amides is 1. The molecule has 0 unspecified atom stereocenters. The van der Waals surface area contributed by atoms with Crippen molar-refractivity contribution in [3.8, 4) is 0 Å². The molecule has 0 spiro atoms. The van der Waals surface area contributed by atoms with Crippen molar-refractivity contribution in [2.75, 3.05) is 20.2 Å². The van der Waals surface area contributed by atoms with Crippen LogP contribution in [0.2, 0.25) is 0 Å². The van der Waals surface area contributed by atoms with Gasteiger partial charge in [-0.3, -0.25) is 9.69 Å². The summed E-state index contributed by atoms with van der Waals surface area (Å²) < 4.78 is 43.3. The largest absolute Gasteiger partial charge is 0.490 e. The van der Waals surface area contributed by atoms with E-state index in [2.05, 4.69) is 11.9 Å². The van der Waals surface area contributed by atoms with Crippen LogP contribution >= 0.6 is 11.3 Å². The topological polar surface area (TPSA) is 83.2 Å². The maximum absolute atomic E-state index is 12.9. The van der Waals surface area contributed by atoms with Crippen LogP contribution in [0.1, 0.15) is 28.3 Å². The number of carbonyl (C=O) groups is 2. The highest BCUT2D eigenvalue weighted by Gasteiger charge is 2.47. The molecule has 2 aliphatic rings. The SMILES string of the molecule is CN(Cc1ccco1)[C@@H]1CN(C(=O)c2cccs2)[C@@H]2CCCO[C@H]12.O=C(O)C(F)(F)F. The van der Waals surface area contributed by atoms with Crippen molar-refractivity contribution in [2.24, 2.45) is 0 Å². The van der Waals surface area contributed by atoms with Crippen molar-refractivity contribution in [3.05, 3.63) is 46.5 Å². The van der Waals surface area contributed by atoms with E-state index in [0.717, 1.165) is 36.6 Å². The first-order chi connectivity index (χ1) is 14.7. The van der Waals surface area contributed by atoms with E-state index < -0.39 is 12.1 Å². The predicted molar refractivity (Wildman–Crippen MR) is 106 cm³/mol. The summed E-state index contributed by atoms with van der Waals surface area (Å²) in [5.74, 6) is -1.68. The minimum Gasteiger partial charge on any atom is -0.475 e. The van der Waals surface area contributed by atoms with Crippen LogP contribution in [0.15, 0.2) is 40.3 Å². The lowest BCUT2D eigenvalue weighted by Crippen LogP contribution is -2.46. The molecule has 1 amide bonds. The Morgan fingerprint density at radius 2 is 2.06 bits per heavy atom. The smallest absolute Gasteiger partial charge is 0.475 e. The average molecular weight is 460 g/mol. The average Bonchev–Trinajstić information content (AvgIpc) is 3.48. The second-order valence-corrected chi connectivity index (χ2v) is 8.29. The Labute approximate surface area is 181 Å². The normalized spacial score (nSPS) is 23.3. The lowest BCUT2D eigenvalue weighted by Gasteiger charge is -2.34. The molecule has 2 saturated heterocycles. The molecule has 170 valence electrons. The number of hydrogen-bond donors (Lipinski definition) is 1. The van der Waals surface area contributed by atoms with E-state index in [9.17, 15) is 18.0 Å². The maximum Gasteiger partial charge on any atom is 0.490 e. The summed E-state index contributed by atoms with van der Waals surface area (Å²) >= 11 is 1.51. The molecule has 4 heterocycles.